The first-order chi connectivity index (χ1) is 41.9. The summed E-state index contributed by atoms with van der Waals surface area (Å²) >= 11 is 5.05. The third-order valence-electron chi connectivity index (χ3n) is 11.5. The molecule has 8 heteroatoms. The van der Waals surface area contributed by atoms with Gasteiger partial charge in [-0.05, 0) is 177 Å². The first-order valence-corrected chi connectivity index (χ1v) is 28.3. The highest BCUT2D eigenvalue weighted by Crippen LogP contribution is 2.23. The molecule has 0 N–H and O–H groups in total. The summed E-state index contributed by atoms with van der Waals surface area (Å²) in [6.07, 6.45) is 10.2. The predicted octanol–water partition coefficient (Wildman–Crippen LogP) is 17.3. The van der Waals surface area contributed by atoms with Crippen LogP contribution in [0.1, 0.15) is 61.9 Å². The molecule has 6 aromatic heterocycles. The van der Waals surface area contributed by atoms with Crippen LogP contribution in [-0.4, -0.2) is 24.9 Å². The number of nitrogens with zero attached hydrogens (tertiary/aromatic N) is 5. The molecule has 0 aliphatic carbocycles. The zero-order chi connectivity index (χ0) is 58.8. The van der Waals surface area contributed by atoms with E-state index < -0.39 is 0 Å². The summed E-state index contributed by atoms with van der Waals surface area (Å²) in [6.45, 7) is 3.68. The molecule has 12 aromatic rings. The molecule has 0 spiro atoms. The van der Waals surface area contributed by atoms with Crippen LogP contribution in [0.15, 0.2) is 302 Å². The van der Waals surface area contributed by atoms with Gasteiger partial charge in [-0.2, -0.15) is 0 Å². The Labute approximate surface area is 510 Å². The molecule has 0 fully saturated rings. The minimum absolute atomic E-state index is 0.347. The highest BCUT2D eigenvalue weighted by molar-refractivity contribution is 9.10. The fourth-order valence-electron chi connectivity index (χ4n) is 7.11. The number of hydrogen-bond donors (Lipinski definition) is 0. The van der Waals surface area contributed by atoms with Crippen LogP contribution in [0.5, 0.6) is 0 Å². The molecule has 0 aliphatic heterocycles. The minimum Gasteiger partial charge on any atom is -0.247 e. The van der Waals surface area contributed by atoms with E-state index in [0.29, 0.717) is 5.69 Å². The Hall–Kier alpha value is -11.3. The summed E-state index contributed by atoms with van der Waals surface area (Å²) < 4.78 is 13.5. The van der Waals surface area contributed by atoms with Crippen LogP contribution in [0.25, 0.3) is 27.6 Å². The smallest absolute Gasteiger partial charge is 0.141 e. The van der Waals surface area contributed by atoms with Crippen LogP contribution in [0, 0.1) is 65.0 Å². The third kappa shape index (κ3) is 22.0. The molecule has 6 aromatic carbocycles. The topological polar surface area (TPSA) is 64.5 Å². The van der Waals surface area contributed by atoms with Crippen molar-refractivity contribution in [2.75, 3.05) is 0 Å². The Balaban J connectivity index is 0.000000139. The van der Waals surface area contributed by atoms with Gasteiger partial charge in [0, 0.05) is 73.1 Å². The standard InChI is InChI=1S/C19H13N.C17H11NS.C15H11N.C13H8BrN.C13H8FN/c1-3-7-16(8-4-1)11-13-19-14-12-18(15-20-19)17-9-5-2-6-10-17;1-2-5-14(6-3-1)8-10-16-11-9-15(13-18-16)17-7-4-12-19-17;1-2-13-8-10-15(16-12-13)11-9-14-6-4-3-5-7-14;2*14-12-7-9-13(15-10-12)8-6-11-4-2-1-3-5-11/h1-10,12,14-15H;1-7,9,11-13H;2-8,10,12H,1H2;2*1-5,7,9-10H. The lowest BCUT2D eigenvalue weighted by molar-refractivity contribution is 0.621. The maximum atomic E-state index is 12.5. The van der Waals surface area contributed by atoms with E-state index in [2.05, 4.69) is 142 Å². The molecule has 0 aliphatic rings. The summed E-state index contributed by atoms with van der Waals surface area (Å²) in [5, 5.41) is 2.07. The molecule has 404 valence electrons. The van der Waals surface area contributed by atoms with Crippen molar-refractivity contribution in [3.8, 4) is 80.8 Å². The first-order valence-electron chi connectivity index (χ1n) is 26.6. The van der Waals surface area contributed by atoms with E-state index in [1.54, 1.807) is 35.9 Å². The molecule has 0 amide bonds. The van der Waals surface area contributed by atoms with Crippen molar-refractivity contribution in [2.24, 2.45) is 0 Å². The largest absolute Gasteiger partial charge is 0.247 e. The van der Waals surface area contributed by atoms with E-state index in [0.717, 1.165) is 78.0 Å². The highest BCUT2D eigenvalue weighted by Gasteiger charge is 2.00. The molecular weight excluding hydrogens is 1130 g/mol. The molecule has 0 unspecified atom stereocenters. The van der Waals surface area contributed by atoms with E-state index >= 15 is 0 Å². The second-order valence-electron chi connectivity index (χ2n) is 17.7. The lowest BCUT2D eigenvalue weighted by Crippen LogP contribution is -1.84. The Kier molecular flexibility index (Phi) is 24.0. The van der Waals surface area contributed by atoms with Crippen molar-refractivity contribution in [2.45, 2.75) is 0 Å². The van der Waals surface area contributed by atoms with E-state index in [1.807, 2.05) is 225 Å². The number of halogens is 2. The Morgan fingerprint density at radius 2 is 0.671 bits per heavy atom. The fourth-order valence-corrected chi connectivity index (χ4v) is 8.07. The van der Waals surface area contributed by atoms with Crippen molar-refractivity contribution in [1.82, 2.24) is 24.9 Å². The maximum Gasteiger partial charge on any atom is 0.141 e. The summed E-state index contributed by atoms with van der Waals surface area (Å²) in [5.74, 6) is 30.0. The van der Waals surface area contributed by atoms with Crippen LogP contribution >= 0.6 is 27.3 Å². The van der Waals surface area contributed by atoms with Gasteiger partial charge >= 0.3 is 0 Å². The molecule has 0 atom stereocenters. The van der Waals surface area contributed by atoms with Crippen LogP contribution < -0.4 is 0 Å². The minimum atomic E-state index is -0.347. The van der Waals surface area contributed by atoms with Crippen molar-refractivity contribution in [3.63, 3.8) is 0 Å². The number of hydrogen-bond acceptors (Lipinski definition) is 6. The lowest BCUT2D eigenvalue weighted by Gasteiger charge is -2.00. The average molecular weight is 1180 g/mol. The average Bonchev–Trinajstić information content (AvgIpc) is 4.15. The first kappa shape index (κ1) is 59.8. The van der Waals surface area contributed by atoms with Crippen molar-refractivity contribution >= 4 is 33.3 Å². The van der Waals surface area contributed by atoms with E-state index in [1.165, 1.54) is 16.5 Å². The molecule has 6 heterocycles. The van der Waals surface area contributed by atoms with Gasteiger partial charge in [0.15, 0.2) is 0 Å². The van der Waals surface area contributed by atoms with Crippen LogP contribution in [0.4, 0.5) is 4.39 Å². The summed E-state index contributed by atoms with van der Waals surface area (Å²) in [5.41, 5.74) is 13.1. The molecular formula is C77H51BrFN5S. The van der Waals surface area contributed by atoms with Gasteiger partial charge < -0.3 is 0 Å². The molecule has 0 radical (unpaired) electrons. The van der Waals surface area contributed by atoms with Gasteiger partial charge in [0.2, 0.25) is 0 Å². The highest BCUT2D eigenvalue weighted by atomic mass is 79.9. The fraction of sp³-hybridized carbons (Fsp3) is 0. The van der Waals surface area contributed by atoms with Gasteiger partial charge in [-0.15, -0.1) is 11.3 Å². The number of thiophene rings is 1. The zero-order valence-electron chi connectivity index (χ0n) is 45.9. The van der Waals surface area contributed by atoms with Crippen LogP contribution in [0.2, 0.25) is 0 Å². The van der Waals surface area contributed by atoms with Gasteiger partial charge in [-0.25, -0.2) is 29.3 Å². The quantitative estimate of drug-likeness (QED) is 0.165. The SMILES string of the molecule is Brc1ccc(C#Cc2ccccc2)nc1.C(#Cc1ccc(-c2ccccc2)cn1)c1ccccc1.C(#Cc1ccc(-c2cccs2)cn1)c1ccccc1.C=Cc1ccc(C#Cc2ccccc2)nc1.Fc1ccc(C#Cc2ccccc2)nc1. The number of benzene rings is 6. The van der Waals surface area contributed by atoms with Crippen LogP contribution in [0.3, 0.4) is 0 Å². The van der Waals surface area contributed by atoms with Gasteiger partial charge in [0.1, 0.15) is 34.3 Å². The molecule has 0 saturated heterocycles. The molecule has 85 heavy (non-hydrogen) atoms. The normalized spacial score (nSPS) is 9.34. The van der Waals surface area contributed by atoms with Gasteiger partial charge in [-0.3, -0.25) is 0 Å². The Morgan fingerprint density at radius 3 is 0.988 bits per heavy atom. The van der Waals surface area contributed by atoms with E-state index in [-0.39, 0.29) is 5.82 Å². The Morgan fingerprint density at radius 1 is 0.318 bits per heavy atom. The monoisotopic (exact) mass is 1180 g/mol. The summed E-state index contributed by atoms with van der Waals surface area (Å²) in [7, 11) is 0. The second-order valence-corrected chi connectivity index (χ2v) is 19.6. The number of aromatic nitrogens is 5. The number of rotatable bonds is 3. The second kappa shape index (κ2) is 34.1. The van der Waals surface area contributed by atoms with Crippen LogP contribution in [-0.2, 0) is 0 Å². The van der Waals surface area contributed by atoms with Crippen molar-refractivity contribution in [3.05, 3.63) is 370 Å². The van der Waals surface area contributed by atoms with E-state index in [9.17, 15) is 4.39 Å². The molecule has 0 bridgehead atoms. The summed E-state index contributed by atoms with van der Waals surface area (Å²) in [4.78, 5) is 22.2. The molecule has 0 saturated carbocycles. The summed E-state index contributed by atoms with van der Waals surface area (Å²) in [6, 6.07) is 82.2. The van der Waals surface area contributed by atoms with Crippen molar-refractivity contribution in [1.29, 1.82) is 0 Å². The molecule has 12 rings (SSSR count). The van der Waals surface area contributed by atoms with Gasteiger partial charge in [-0.1, -0.05) is 182 Å². The maximum absolute atomic E-state index is 12.5. The molecule has 5 nitrogen and oxygen atoms in total. The predicted molar refractivity (Wildman–Crippen MR) is 350 cm³/mol. The van der Waals surface area contributed by atoms with Gasteiger partial charge in [0.05, 0.1) is 6.20 Å². The Bertz CT molecular complexity index is 4170. The third-order valence-corrected chi connectivity index (χ3v) is 12.8. The lowest BCUT2D eigenvalue weighted by atomic mass is 10.1. The zero-order valence-corrected chi connectivity index (χ0v) is 48.3. The van der Waals surface area contributed by atoms with E-state index in [4.69, 9.17) is 0 Å². The van der Waals surface area contributed by atoms with Gasteiger partial charge in [0.25, 0.3) is 0 Å². The number of pyridine rings is 5. The van der Waals surface area contributed by atoms with Crippen molar-refractivity contribution < 1.29 is 4.39 Å².